The van der Waals surface area contributed by atoms with Crippen LogP contribution in [0.25, 0.3) is 33.4 Å². The molecule has 0 bridgehead atoms. The highest BCUT2D eigenvalue weighted by atomic mass is 32.1. The van der Waals surface area contributed by atoms with Gasteiger partial charge >= 0.3 is 0 Å². The first-order chi connectivity index (χ1) is 12.7. The minimum atomic E-state index is 0.981. The number of hydrogen-bond donors (Lipinski definition) is 2. The zero-order chi connectivity index (χ0) is 17.9. The van der Waals surface area contributed by atoms with Gasteiger partial charge in [0.1, 0.15) is 0 Å². The summed E-state index contributed by atoms with van der Waals surface area (Å²) in [5.74, 6) is 0. The van der Waals surface area contributed by atoms with Crippen LogP contribution in [0.3, 0.4) is 0 Å². The molecule has 0 N–H and O–H groups in total. The summed E-state index contributed by atoms with van der Waals surface area (Å²) in [6.07, 6.45) is 0. The summed E-state index contributed by atoms with van der Waals surface area (Å²) >= 11 is 8.69. The molecule has 0 atom stereocenters. The largest absolute Gasteiger partial charge is 0.143 e. The van der Waals surface area contributed by atoms with Crippen LogP contribution in [0.1, 0.15) is 0 Å². The number of thiol groups is 2. The maximum absolute atomic E-state index is 4.34. The molecule has 0 fully saturated rings. The van der Waals surface area contributed by atoms with Crippen molar-refractivity contribution in [3.8, 4) is 33.4 Å². The standard InChI is InChI=1S/C24H18S2/c25-23-13-9-21(10-14-23)19-5-1-17(2-6-19)18-3-7-20(8-4-18)22-11-15-24(26)16-12-22/h1-16,25-26H. The van der Waals surface area contributed by atoms with E-state index in [1.807, 2.05) is 24.3 Å². The van der Waals surface area contributed by atoms with E-state index in [4.69, 9.17) is 0 Å². The highest BCUT2D eigenvalue weighted by Crippen LogP contribution is 2.28. The predicted molar refractivity (Wildman–Crippen MR) is 117 cm³/mol. The predicted octanol–water partition coefficient (Wildman–Crippen LogP) is 7.27. The molecule has 4 aromatic carbocycles. The van der Waals surface area contributed by atoms with Crippen LogP contribution < -0.4 is 0 Å². The molecule has 0 nitrogen and oxygen atoms in total. The summed E-state index contributed by atoms with van der Waals surface area (Å²) in [4.78, 5) is 1.96. The molecule has 0 aliphatic heterocycles. The Morgan fingerprint density at radius 2 is 0.423 bits per heavy atom. The van der Waals surface area contributed by atoms with Crippen LogP contribution in [0.15, 0.2) is 107 Å². The summed E-state index contributed by atoms with van der Waals surface area (Å²) in [7, 11) is 0. The van der Waals surface area contributed by atoms with Crippen LogP contribution in [-0.2, 0) is 0 Å². The lowest BCUT2D eigenvalue weighted by Crippen LogP contribution is -1.82. The fourth-order valence-corrected chi connectivity index (χ4v) is 3.32. The van der Waals surface area contributed by atoms with Gasteiger partial charge in [-0.3, -0.25) is 0 Å². The highest BCUT2D eigenvalue weighted by molar-refractivity contribution is 7.80. The van der Waals surface area contributed by atoms with Crippen LogP contribution in [0.4, 0.5) is 0 Å². The first-order valence-electron chi connectivity index (χ1n) is 8.48. The fraction of sp³-hybridized carbons (Fsp3) is 0. The second-order valence-electron chi connectivity index (χ2n) is 6.25. The molecule has 0 saturated heterocycles. The Hall–Kier alpha value is -2.42. The van der Waals surface area contributed by atoms with Gasteiger partial charge in [-0.2, -0.15) is 0 Å². The van der Waals surface area contributed by atoms with Crippen molar-refractivity contribution >= 4 is 25.3 Å². The van der Waals surface area contributed by atoms with Gasteiger partial charge in [0, 0.05) is 9.79 Å². The van der Waals surface area contributed by atoms with Gasteiger partial charge in [-0.05, 0) is 57.6 Å². The van der Waals surface area contributed by atoms with E-state index in [0.717, 1.165) is 9.79 Å². The van der Waals surface area contributed by atoms with Crippen molar-refractivity contribution in [2.75, 3.05) is 0 Å². The van der Waals surface area contributed by atoms with E-state index in [-0.39, 0.29) is 0 Å². The van der Waals surface area contributed by atoms with Gasteiger partial charge in [0.15, 0.2) is 0 Å². The minimum absolute atomic E-state index is 0.981. The van der Waals surface area contributed by atoms with Gasteiger partial charge in [-0.25, -0.2) is 0 Å². The Kier molecular flexibility index (Phi) is 4.87. The second-order valence-corrected chi connectivity index (χ2v) is 7.28. The van der Waals surface area contributed by atoms with Crippen molar-refractivity contribution in [2.24, 2.45) is 0 Å². The maximum Gasteiger partial charge on any atom is 0.00404 e. The topological polar surface area (TPSA) is 0 Å². The summed E-state index contributed by atoms with van der Waals surface area (Å²) in [5, 5.41) is 0. The molecule has 0 saturated carbocycles. The number of benzene rings is 4. The van der Waals surface area contributed by atoms with E-state index in [1.54, 1.807) is 0 Å². The lowest BCUT2D eigenvalue weighted by Gasteiger charge is -2.07. The summed E-state index contributed by atoms with van der Waals surface area (Å²) in [5.41, 5.74) is 7.28. The number of hydrogen-bond acceptors (Lipinski definition) is 2. The van der Waals surface area contributed by atoms with Crippen molar-refractivity contribution < 1.29 is 0 Å². The molecule has 126 valence electrons. The SMILES string of the molecule is Sc1ccc(-c2ccc(-c3ccc(-c4ccc(S)cc4)cc3)cc2)cc1. The van der Waals surface area contributed by atoms with Crippen LogP contribution in [-0.4, -0.2) is 0 Å². The lowest BCUT2D eigenvalue weighted by atomic mass is 9.98. The maximum atomic E-state index is 4.34. The molecule has 0 radical (unpaired) electrons. The van der Waals surface area contributed by atoms with Crippen LogP contribution >= 0.6 is 25.3 Å². The molecular formula is C24H18S2. The monoisotopic (exact) mass is 370 g/mol. The van der Waals surface area contributed by atoms with Gasteiger partial charge < -0.3 is 0 Å². The Balaban J connectivity index is 1.57. The molecule has 0 heterocycles. The van der Waals surface area contributed by atoms with Gasteiger partial charge in [-0.15, -0.1) is 25.3 Å². The minimum Gasteiger partial charge on any atom is -0.143 e. The van der Waals surface area contributed by atoms with Crippen molar-refractivity contribution in [1.82, 2.24) is 0 Å². The third-order valence-electron chi connectivity index (χ3n) is 4.50. The first kappa shape index (κ1) is 17.0. The fourth-order valence-electron chi connectivity index (χ4n) is 3.02. The highest BCUT2D eigenvalue weighted by Gasteiger charge is 2.02. The van der Waals surface area contributed by atoms with Crippen LogP contribution in [0.5, 0.6) is 0 Å². The Labute approximate surface area is 165 Å². The molecule has 0 aromatic heterocycles. The normalized spacial score (nSPS) is 10.7. The number of rotatable bonds is 3. The molecule has 4 aromatic rings. The molecule has 26 heavy (non-hydrogen) atoms. The molecule has 0 aliphatic rings. The van der Waals surface area contributed by atoms with E-state index >= 15 is 0 Å². The third kappa shape index (κ3) is 3.72. The summed E-state index contributed by atoms with van der Waals surface area (Å²) in [6.45, 7) is 0. The molecule has 2 heteroatoms. The molecular weight excluding hydrogens is 352 g/mol. The van der Waals surface area contributed by atoms with E-state index in [1.165, 1.54) is 33.4 Å². The van der Waals surface area contributed by atoms with E-state index in [2.05, 4.69) is 98.1 Å². The Bertz CT molecular complexity index is 911. The van der Waals surface area contributed by atoms with E-state index < -0.39 is 0 Å². The molecule has 0 aliphatic carbocycles. The average Bonchev–Trinajstić information content (AvgIpc) is 2.70. The molecule has 4 rings (SSSR count). The molecule has 0 spiro atoms. The first-order valence-corrected chi connectivity index (χ1v) is 9.38. The molecule has 0 amide bonds. The van der Waals surface area contributed by atoms with Crippen molar-refractivity contribution in [3.63, 3.8) is 0 Å². The van der Waals surface area contributed by atoms with E-state index in [9.17, 15) is 0 Å². The van der Waals surface area contributed by atoms with Crippen molar-refractivity contribution in [1.29, 1.82) is 0 Å². The van der Waals surface area contributed by atoms with Gasteiger partial charge in [0.25, 0.3) is 0 Å². The van der Waals surface area contributed by atoms with Crippen molar-refractivity contribution in [3.05, 3.63) is 97.1 Å². The average molecular weight is 371 g/mol. The van der Waals surface area contributed by atoms with E-state index in [0.29, 0.717) is 0 Å². The Morgan fingerprint density at radius 3 is 0.615 bits per heavy atom. The van der Waals surface area contributed by atoms with Gasteiger partial charge in [-0.1, -0.05) is 72.8 Å². The van der Waals surface area contributed by atoms with Gasteiger partial charge in [0.2, 0.25) is 0 Å². The Morgan fingerprint density at radius 1 is 0.269 bits per heavy atom. The lowest BCUT2D eigenvalue weighted by molar-refractivity contribution is 1.47. The zero-order valence-corrected chi connectivity index (χ0v) is 15.9. The third-order valence-corrected chi connectivity index (χ3v) is 5.10. The smallest absolute Gasteiger partial charge is 0.00404 e. The van der Waals surface area contributed by atoms with Crippen LogP contribution in [0, 0.1) is 0 Å². The summed E-state index contributed by atoms with van der Waals surface area (Å²) < 4.78 is 0. The van der Waals surface area contributed by atoms with Crippen molar-refractivity contribution in [2.45, 2.75) is 9.79 Å². The quantitative estimate of drug-likeness (QED) is 0.348. The second kappa shape index (κ2) is 7.45. The van der Waals surface area contributed by atoms with Gasteiger partial charge in [0.05, 0.1) is 0 Å². The summed E-state index contributed by atoms with van der Waals surface area (Å²) in [6, 6.07) is 33.9. The molecule has 0 unspecified atom stereocenters. The van der Waals surface area contributed by atoms with Crippen LogP contribution in [0.2, 0.25) is 0 Å². The zero-order valence-electron chi connectivity index (χ0n) is 14.1.